The largest absolute Gasteiger partial charge is 0.351 e. The van der Waals surface area contributed by atoms with Gasteiger partial charge in [-0.3, -0.25) is 9.28 Å². The molecule has 22 heavy (non-hydrogen) atoms. The second kappa shape index (κ2) is 10.4. The number of nitrogens with zero attached hydrogens (tertiary/aromatic N) is 1. The van der Waals surface area contributed by atoms with Gasteiger partial charge in [0.2, 0.25) is 5.91 Å². The topological polar surface area (TPSA) is 41.1 Å². The predicted octanol–water partition coefficient (Wildman–Crippen LogP) is 3.28. The lowest BCUT2D eigenvalue weighted by Gasteiger charge is -2.37. The third kappa shape index (κ3) is 6.22. The van der Waals surface area contributed by atoms with E-state index in [1.54, 1.807) is 6.92 Å². The lowest BCUT2D eigenvalue weighted by atomic mass is 10.1. The van der Waals surface area contributed by atoms with Crippen molar-refractivity contribution in [3.63, 3.8) is 0 Å². The number of quaternary nitrogens is 1. The molecule has 0 aromatic rings. The molecule has 4 nitrogen and oxygen atoms in total. The van der Waals surface area contributed by atoms with Crippen LogP contribution in [0, 0.1) is 0 Å². The Morgan fingerprint density at radius 3 is 2.73 bits per heavy atom. The van der Waals surface area contributed by atoms with Gasteiger partial charge in [-0.2, -0.15) is 0 Å². The van der Waals surface area contributed by atoms with E-state index in [1.807, 2.05) is 0 Å². The van der Waals surface area contributed by atoms with Crippen LogP contribution in [0.4, 0.5) is 0 Å². The molecule has 0 radical (unpaired) electrons. The summed E-state index contributed by atoms with van der Waals surface area (Å²) < 4.78 is 0.936. The molecule has 0 saturated heterocycles. The summed E-state index contributed by atoms with van der Waals surface area (Å²) in [5, 5.41) is 6.43. The van der Waals surface area contributed by atoms with Crippen molar-refractivity contribution in [3.8, 4) is 0 Å². The van der Waals surface area contributed by atoms with Crippen LogP contribution in [-0.2, 0) is 4.79 Å². The molecule has 0 aromatic heterocycles. The van der Waals surface area contributed by atoms with Gasteiger partial charge in [0.05, 0.1) is 19.3 Å². The normalized spacial score (nSPS) is 23.9. The summed E-state index contributed by atoms with van der Waals surface area (Å²) in [4.78, 5) is 11.1. The highest BCUT2D eigenvalue weighted by molar-refractivity contribution is 5.72. The van der Waals surface area contributed by atoms with Gasteiger partial charge in [-0.15, -0.1) is 0 Å². The van der Waals surface area contributed by atoms with Crippen LogP contribution >= 0.6 is 0 Å². The summed E-state index contributed by atoms with van der Waals surface area (Å²) in [7, 11) is 0. The fourth-order valence-corrected chi connectivity index (χ4v) is 3.05. The van der Waals surface area contributed by atoms with Crippen LogP contribution in [0.1, 0.15) is 59.3 Å². The van der Waals surface area contributed by atoms with Gasteiger partial charge in [0.15, 0.2) is 6.17 Å². The van der Waals surface area contributed by atoms with Gasteiger partial charge in [-0.1, -0.05) is 25.5 Å². The average Bonchev–Trinajstić information content (AvgIpc) is 2.89. The van der Waals surface area contributed by atoms with Crippen LogP contribution in [0.2, 0.25) is 0 Å². The molecule has 1 aliphatic heterocycles. The summed E-state index contributed by atoms with van der Waals surface area (Å²) in [6, 6.07) is 0. The molecule has 1 rings (SSSR count). The predicted molar refractivity (Wildman–Crippen MR) is 92.9 cm³/mol. The Balaban J connectivity index is 2.32. The average molecular weight is 308 g/mol. The smallest absolute Gasteiger partial charge is 0.217 e. The van der Waals surface area contributed by atoms with Crippen molar-refractivity contribution in [1.29, 1.82) is 0 Å². The molecule has 1 heterocycles. The Bertz CT molecular complexity index is 379. The lowest BCUT2D eigenvalue weighted by molar-refractivity contribution is -0.898. The van der Waals surface area contributed by atoms with Gasteiger partial charge in [-0.05, 0) is 32.6 Å². The van der Waals surface area contributed by atoms with Crippen LogP contribution in [0.15, 0.2) is 24.6 Å². The van der Waals surface area contributed by atoms with Crippen molar-refractivity contribution < 1.29 is 9.28 Å². The van der Waals surface area contributed by atoms with Crippen molar-refractivity contribution in [3.05, 3.63) is 24.6 Å². The molecule has 1 amide bonds. The maximum atomic E-state index is 11.1. The first kappa shape index (κ1) is 18.8. The second-order valence-corrected chi connectivity index (χ2v) is 6.17. The summed E-state index contributed by atoms with van der Waals surface area (Å²) in [5.74, 6) is 0.0563. The highest BCUT2D eigenvalue weighted by atomic mass is 16.1. The molecule has 2 unspecified atom stereocenters. The summed E-state index contributed by atoms with van der Waals surface area (Å²) >= 11 is 0. The van der Waals surface area contributed by atoms with E-state index < -0.39 is 0 Å². The number of rotatable bonds is 11. The van der Waals surface area contributed by atoms with Crippen molar-refractivity contribution in [1.82, 2.24) is 10.6 Å². The molecule has 0 aromatic carbocycles. The van der Waals surface area contributed by atoms with E-state index in [2.05, 4.69) is 49.0 Å². The monoisotopic (exact) mass is 308 g/mol. The van der Waals surface area contributed by atoms with Gasteiger partial charge in [-0.25, -0.2) is 0 Å². The summed E-state index contributed by atoms with van der Waals surface area (Å²) in [6.45, 7) is 8.78. The Labute approximate surface area is 136 Å². The number of carbonyl (C=O) groups is 1. The fourth-order valence-electron chi connectivity index (χ4n) is 3.05. The number of allylic oxidation sites excluding steroid dienone is 2. The van der Waals surface area contributed by atoms with Gasteiger partial charge < -0.3 is 10.6 Å². The highest BCUT2D eigenvalue weighted by Crippen LogP contribution is 2.22. The van der Waals surface area contributed by atoms with Crippen LogP contribution < -0.4 is 10.6 Å². The molecule has 2 N–H and O–H groups in total. The minimum Gasteiger partial charge on any atom is -0.351 e. The molecule has 1 aliphatic rings. The minimum atomic E-state index is 0.0563. The highest BCUT2D eigenvalue weighted by Gasteiger charge is 2.35. The van der Waals surface area contributed by atoms with Crippen LogP contribution in [0.25, 0.3) is 0 Å². The first-order valence-corrected chi connectivity index (χ1v) is 8.84. The molecule has 4 heteroatoms. The lowest BCUT2D eigenvalue weighted by Crippen LogP contribution is -2.55. The van der Waals surface area contributed by atoms with E-state index in [9.17, 15) is 4.79 Å². The quantitative estimate of drug-likeness (QED) is 0.349. The first-order chi connectivity index (χ1) is 10.6. The first-order valence-electron chi connectivity index (χ1n) is 8.84. The molecular formula is C18H34N3O+. The Morgan fingerprint density at radius 2 is 2.05 bits per heavy atom. The molecule has 126 valence electrons. The van der Waals surface area contributed by atoms with Gasteiger partial charge in [0.1, 0.15) is 12.7 Å². The van der Waals surface area contributed by atoms with E-state index in [0.29, 0.717) is 6.17 Å². The van der Waals surface area contributed by atoms with Crippen molar-refractivity contribution in [2.45, 2.75) is 65.5 Å². The number of nitrogens with one attached hydrogen (secondary N) is 2. The third-order valence-corrected chi connectivity index (χ3v) is 4.49. The molecule has 0 bridgehead atoms. The van der Waals surface area contributed by atoms with Gasteiger partial charge in [0, 0.05) is 13.3 Å². The van der Waals surface area contributed by atoms with E-state index >= 15 is 0 Å². The Kier molecular flexibility index (Phi) is 8.90. The number of hydrogen-bond donors (Lipinski definition) is 2. The number of hydrogen-bond acceptors (Lipinski definition) is 2. The van der Waals surface area contributed by atoms with Crippen LogP contribution in [-0.4, -0.2) is 36.2 Å². The third-order valence-electron chi connectivity index (χ3n) is 4.49. The minimum absolute atomic E-state index is 0.0563. The number of amides is 1. The summed E-state index contributed by atoms with van der Waals surface area (Å²) in [5.41, 5.74) is 0. The molecule has 0 aliphatic carbocycles. The fraction of sp³-hybridized carbons (Fsp3) is 0.722. The number of unbranched alkanes of at least 4 members (excludes halogenated alkanes) is 3. The number of likely N-dealkylation sites (N-methyl/N-ethyl adjacent to an activating group) is 1. The van der Waals surface area contributed by atoms with E-state index in [4.69, 9.17) is 0 Å². The number of carbonyl (C=O) groups excluding carboxylic acids is 1. The van der Waals surface area contributed by atoms with Crippen molar-refractivity contribution in [2.75, 3.05) is 19.6 Å². The van der Waals surface area contributed by atoms with Crippen molar-refractivity contribution >= 4 is 5.91 Å². The molecule has 0 fully saturated rings. The van der Waals surface area contributed by atoms with Gasteiger partial charge >= 0.3 is 0 Å². The molecule has 2 atom stereocenters. The van der Waals surface area contributed by atoms with Crippen LogP contribution in [0.3, 0.4) is 0 Å². The zero-order valence-corrected chi connectivity index (χ0v) is 14.6. The second-order valence-electron chi connectivity index (χ2n) is 6.17. The maximum Gasteiger partial charge on any atom is 0.217 e. The molecular weight excluding hydrogens is 274 g/mol. The maximum absolute atomic E-state index is 11.1. The van der Waals surface area contributed by atoms with Gasteiger partial charge in [0.25, 0.3) is 0 Å². The van der Waals surface area contributed by atoms with Crippen LogP contribution in [0.5, 0.6) is 0 Å². The summed E-state index contributed by atoms with van der Waals surface area (Å²) in [6.07, 6.45) is 16.7. The van der Waals surface area contributed by atoms with E-state index in [-0.39, 0.29) is 5.91 Å². The molecule has 0 spiro atoms. The Morgan fingerprint density at radius 1 is 1.27 bits per heavy atom. The zero-order chi connectivity index (χ0) is 16.3. The Hall–Kier alpha value is -1.29. The van der Waals surface area contributed by atoms with E-state index in [0.717, 1.165) is 24.1 Å². The van der Waals surface area contributed by atoms with Crippen molar-refractivity contribution in [2.24, 2.45) is 0 Å². The zero-order valence-electron chi connectivity index (χ0n) is 14.6. The standard InChI is InChI=1S/C18H33N3O/c1-4-6-7-8-9-10-11-12-18-20-14-16-21(18,5-2)15-13-19-17(3)22/h7-8,14,16,18,20H,4-6,9-13,15H2,1-3H3/p+1/b8-7+. The SMILES string of the molecule is CCC/C=C/CCCCC1NC=C[N+]1(CC)CCNC(C)=O. The molecule has 0 saturated carbocycles. The van der Waals surface area contributed by atoms with E-state index in [1.165, 1.54) is 38.5 Å².